The number of hydrogen-bond acceptors (Lipinski definition) is 3. The Hall–Kier alpha value is -1.92. The number of imidazole rings is 1. The van der Waals surface area contributed by atoms with Crippen molar-refractivity contribution in [1.29, 1.82) is 0 Å². The lowest BCUT2D eigenvalue weighted by Gasteiger charge is -1.99. The van der Waals surface area contributed by atoms with Crippen LogP contribution in [0.4, 0.5) is 0 Å². The molecule has 6 heteroatoms. The number of nitrogens with zero attached hydrogens (tertiary/aromatic N) is 1. The summed E-state index contributed by atoms with van der Waals surface area (Å²) in [6, 6.07) is 9.24. The lowest BCUT2D eigenvalue weighted by molar-refractivity contribution is 0.589. The molecule has 0 fully saturated rings. The van der Waals surface area contributed by atoms with Gasteiger partial charge in [0.15, 0.2) is 0 Å². The summed E-state index contributed by atoms with van der Waals surface area (Å²) in [6.07, 6.45) is 4.76. The van der Waals surface area contributed by atoms with E-state index in [0.29, 0.717) is 5.82 Å². The summed E-state index contributed by atoms with van der Waals surface area (Å²) in [7, 11) is -3.45. The summed E-state index contributed by atoms with van der Waals surface area (Å²) >= 11 is 0. The van der Waals surface area contributed by atoms with E-state index in [-0.39, 0.29) is 6.54 Å². The normalized spacial score (nSPS) is 12.0. The number of aromatic nitrogens is 2. The quantitative estimate of drug-likeness (QED) is 0.858. The second-order valence-electron chi connectivity index (χ2n) is 3.62. The summed E-state index contributed by atoms with van der Waals surface area (Å²) in [5.41, 5.74) is 0.834. The molecule has 2 rings (SSSR count). The van der Waals surface area contributed by atoms with Crippen molar-refractivity contribution in [3.8, 4) is 0 Å². The van der Waals surface area contributed by atoms with E-state index in [1.54, 1.807) is 18.5 Å². The highest BCUT2D eigenvalue weighted by molar-refractivity contribution is 7.92. The van der Waals surface area contributed by atoms with Crippen molar-refractivity contribution in [3.63, 3.8) is 0 Å². The molecular weight excluding hydrogens is 250 g/mol. The minimum absolute atomic E-state index is 0.147. The topological polar surface area (TPSA) is 74.8 Å². The molecule has 0 unspecified atom stereocenters. The fraction of sp³-hybridized carbons (Fsp3) is 0.0833. The minimum atomic E-state index is -3.45. The third-order valence-electron chi connectivity index (χ3n) is 2.23. The number of rotatable bonds is 5. The smallest absolute Gasteiger partial charge is 0.234 e. The number of H-pyrrole nitrogens is 1. The molecule has 0 bridgehead atoms. The second-order valence-corrected chi connectivity index (χ2v) is 5.27. The van der Waals surface area contributed by atoms with Crippen LogP contribution in [0, 0.1) is 0 Å². The highest BCUT2D eigenvalue weighted by atomic mass is 32.2. The minimum Gasteiger partial charge on any atom is -0.347 e. The summed E-state index contributed by atoms with van der Waals surface area (Å²) in [5.74, 6) is 0.576. The van der Waals surface area contributed by atoms with Crippen molar-refractivity contribution in [2.24, 2.45) is 0 Å². The maximum Gasteiger partial charge on any atom is 0.234 e. The van der Waals surface area contributed by atoms with E-state index in [0.717, 1.165) is 11.0 Å². The average molecular weight is 263 g/mol. The Bertz CT molecular complexity index is 604. The van der Waals surface area contributed by atoms with Gasteiger partial charge in [0, 0.05) is 17.8 Å². The van der Waals surface area contributed by atoms with E-state index in [1.807, 2.05) is 30.3 Å². The van der Waals surface area contributed by atoms with Crippen LogP contribution in [0.15, 0.2) is 48.1 Å². The zero-order chi connectivity index (χ0) is 12.8. The van der Waals surface area contributed by atoms with Gasteiger partial charge >= 0.3 is 0 Å². The van der Waals surface area contributed by atoms with Crippen molar-refractivity contribution in [2.45, 2.75) is 6.54 Å². The van der Waals surface area contributed by atoms with Crippen LogP contribution < -0.4 is 4.72 Å². The fourth-order valence-electron chi connectivity index (χ4n) is 1.34. The largest absolute Gasteiger partial charge is 0.347 e. The Morgan fingerprint density at radius 1 is 1.28 bits per heavy atom. The monoisotopic (exact) mass is 263 g/mol. The van der Waals surface area contributed by atoms with Crippen LogP contribution in [-0.2, 0) is 16.6 Å². The standard InChI is InChI=1S/C12H13N3O2S/c16-18(17,15-10-12-13-7-8-14-12)9-6-11-4-2-1-3-5-11/h1-9,15H,10H2,(H,13,14). The van der Waals surface area contributed by atoms with E-state index in [2.05, 4.69) is 14.7 Å². The van der Waals surface area contributed by atoms with Gasteiger partial charge in [-0.05, 0) is 11.6 Å². The molecule has 2 aromatic rings. The highest BCUT2D eigenvalue weighted by Crippen LogP contribution is 2.03. The van der Waals surface area contributed by atoms with E-state index < -0.39 is 10.0 Å². The van der Waals surface area contributed by atoms with Crippen LogP contribution in [0.3, 0.4) is 0 Å². The maximum absolute atomic E-state index is 11.7. The molecule has 94 valence electrons. The summed E-state index contributed by atoms with van der Waals surface area (Å²) in [4.78, 5) is 6.75. The summed E-state index contributed by atoms with van der Waals surface area (Å²) in [6.45, 7) is 0.147. The summed E-state index contributed by atoms with van der Waals surface area (Å²) in [5, 5.41) is 1.14. The Morgan fingerprint density at radius 3 is 2.72 bits per heavy atom. The van der Waals surface area contributed by atoms with Crippen molar-refractivity contribution >= 4 is 16.1 Å². The highest BCUT2D eigenvalue weighted by Gasteiger charge is 2.05. The Kier molecular flexibility index (Phi) is 3.91. The van der Waals surface area contributed by atoms with E-state index in [4.69, 9.17) is 0 Å². The van der Waals surface area contributed by atoms with Gasteiger partial charge in [-0.3, -0.25) is 0 Å². The lowest BCUT2D eigenvalue weighted by Crippen LogP contribution is -2.21. The van der Waals surface area contributed by atoms with Gasteiger partial charge < -0.3 is 4.98 Å². The second kappa shape index (κ2) is 5.61. The lowest BCUT2D eigenvalue weighted by atomic mass is 10.2. The molecule has 0 atom stereocenters. The molecule has 0 aliphatic carbocycles. The van der Waals surface area contributed by atoms with Crippen LogP contribution in [0.5, 0.6) is 0 Å². The molecular formula is C12H13N3O2S. The van der Waals surface area contributed by atoms with Crippen LogP contribution in [0.1, 0.15) is 11.4 Å². The molecule has 2 N–H and O–H groups in total. The van der Waals surface area contributed by atoms with Crippen molar-refractivity contribution in [3.05, 3.63) is 59.5 Å². The molecule has 0 saturated heterocycles. The molecule has 0 aliphatic heterocycles. The van der Waals surface area contributed by atoms with Crippen LogP contribution in [0.25, 0.3) is 6.08 Å². The first-order chi connectivity index (χ1) is 8.66. The number of hydrogen-bond donors (Lipinski definition) is 2. The van der Waals surface area contributed by atoms with Crippen molar-refractivity contribution in [1.82, 2.24) is 14.7 Å². The molecule has 0 radical (unpaired) electrons. The van der Waals surface area contributed by atoms with Crippen LogP contribution in [0.2, 0.25) is 0 Å². The molecule has 1 aromatic carbocycles. The Labute approximate surface area is 106 Å². The molecule has 1 aromatic heterocycles. The van der Waals surface area contributed by atoms with E-state index >= 15 is 0 Å². The summed E-state index contributed by atoms with van der Waals surface area (Å²) < 4.78 is 25.7. The molecule has 0 aliphatic rings. The third kappa shape index (κ3) is 3.83. The van der Waals surface area contributed by atoms with Crippen LogP contribution in [-0.4, -0.2) is 18.4 Å². The van der Waals surface area contributed by atoms with Gasteiger partial charge in [-0.2, -0.15) is 0 Å². The average Bonchev–Trinajstić information content (AvgIpc) is 2.89. The van der Waals surface area contributed by atoms with Gasteiger partial charge in [0.1, 0.15) is 5.82 Å². The first-order valence-electron chi connectivity index (χ1n) is 5.37. The van der Waals surface area contributed by atoms with Gasteiger partial charge in [-0.25, -0.2) is 18.1 Å². The molecule has 18 heavy (non-hydrogen) atoms. The Balaban J connectivity index is 1.97. The molecule has 0 spiro atoms. The zero-order valence-corrected chi connectivity index (χ0v) is 10.4. The predicted octanol–water partition coefficient (Wildman–Crippen LogP) is 1.50. The van der Waals surface area contributed by atoms with E-state index in [9.17, 15) is 8.42 Å². The van der Waals surface area contributed by atoms with Gasteiger partial charge in [0.25, 0.3) is 0 Å². The number of sulfonamides is 1. The first kappa shape index (κ1) is 12.5. The first-order valence-corrected chi connectivity index (χ1v) is 6.91. The fourth-order valence-corrected chi connectivity index (χ4v) is 2.11. The predicted molar refractivity (Wildman–Crippen MR) is 69.8 cm³/mol. The number of aromatic amines is 1. The molecule has 0 saturated carbocycles. The Morgan fingerprint density at radius 2 is 2.06 bits per heavy atom. The van der Waals surface area contributed by atoms with Gasteiger partial charge in [0.2, 0.25) is 10.0 Å². The van der Waals surface area contributed by atoms with Crippen LogP contribution >= 0.6 is 0 Å². The third-order valence-corrected chi connectivity index (χ3v) is 3.28. The molecule has 0 amide bonds. The van der Waals surface area contributed by atoms with Crippen molar-refractivity contribution < 1.29 is 8.42 Å². The maximum atomic E-state index is 11.7. The zero-order valence-electron chi connectivity index (χ0n) is 9.58. The van der Waals surface area contributed by atoms with Gasteiger partial charge in [-0.15, -0.1) is 0 Å². The number of nitrogens with one attached hydrogen (secondary N) is 2. The van der Waals surface area contributed by atoms with Gasteiger partial charge in [0.05, 0.1) is 6.54 Å². The van der Waals surface area contributed by atoms with Crippen molar-refractivity contribution in [2.75, 3.05) is 0 Å². The molecule has 5 nitrogen and oxygen atoms in total. The van der Waals surface area contributed by atoms with Gasteiger partial charge in [-0.1, -0.05) is 30.3 Å². The SMILES string of the molecule is O=S(=O)(C=Cc1ccccc1)NCc1ncc[nH]1. The molecule has 1 heterocycles. The number of benzene rings is 1. The van der Waals surface area contributed by atoms with E-state index in [1.165, 1.54) is 0 Å².